The van der Waals surface area contributed by atoms with Gasteiger partial charge in [0.2, 0.25) is 0 Å². The van der Waals surface area contributed by atoms with Crippen molar-refractivity contribution in [2.24, 2.45) is 0 Å². The van der Waals surface area contributed by atoms with Gasteiger partial charge in [-0.2, -0.15) is 0 Å². The van der Waals surface area contributed by atoms with Crippen molar-refractivity contribution in [3.05, 3.63) is 29.8 Å². The average molecular weight is 438 g/mol. The Labute approximate surface area is 153 Å². The zero-order valence-corrected chi connectivity index (χ0v) is 19.4. The van der Waals surface area contributed by atoms with Crippen LogP contribution in [0.1, 0.15) is 69.7 Å². The number of hydrogen-bond donors (Lipinski definition) is 0. The first-order chi connectivity index (χ1) is 11.5. The first-order valence-corrected chi connectivity index (χ1v) is 17.3. The van der Waals surface area contributed by atoms with Crippen molar-refractivity contribution in [1.29, 1.82) is 0 Å². The summed E-state index contributed by atoms with van der Waals surface area (Å²) in [7, 11) is 3.69. The Morgan fingerprint density at radius 2 is 1.42 bits per heavy atom. The molecule has 0 saturated carbocycles. The van der Waals surface area contributed by atoms with E-state index >= 15 is 0 Å². The normalized spacial score (nSPS) is 11.5. The van der Waals surface area contributed by atoms with Gasteiger partial charge in [-0.3, -0.25) is 0 Å². The van der Waals surface area contributed by atoms with E-state index in [1.165, 1.54) is 51.8 Å². The molecule has 0 aliphatic carbocycles. The number of nitrogens with zero attached hydrogens (tertiary/aromatic N) is 1. The van der Waals surface area contributed by atoms with Gasteiger partial charge < -0.3 is 0 Å². The Balaban J connectivity index is 3.23. The standard InChI is InChI=1S/C9H10NO.3C4H9.Sn/c1-10(2)9(11)8-6-4-3-5-7-8;3*1-3-4-2;/h3-4,6-7H,1-2H3;3*1,3-4H2,2H3;. The summed E-state index contributed by atoms with van der Waals surface area (Å²) >= 11 is -2.42. The van der Waals surface area contributed by atoms with Crippen LogP contribution in [0.4, 0.5) is 0 Å². The SMILES string of the molecule is CCC[CH2][Sn]([CH2]CCC)([CH2]CCC)[c]1cccc(C(=O)N(C)C)c1. The van der Waals surface area contributed by atoms with Gasteiger partial charge in [-0.15, -0.1) is 0 Å². The summed E-state index contributed by atoms with van der Waals surface area (Å²) in [6.07, 6.45) is 7.92. The molecule has 1 aromatic rings. The molecule has 0 heterocycles. The van der Waals surface area contributed by atoms with Gasteiger partial charge in [0.15, 0.2) is 0 Å². The van der Waals surface area contributed by atoms with E-state index in [0.29, 0.717) is 0 Å². The van der Waals surface area contributed by atoms with Gasteiger partial charge in [-0.1, -0.05) is 0 Å². The summed E-state index contributed by atoms with van der Waals surface area (Å²) in [5.74, 6) is 0.138. The first-order valence-electron chi connectivity index (χ1n) is 9.83. The molecule has 0 N–H and O–H groups in total. The minimum absolute atomic E-state index is 0.138. The Hall–Kier alpha value is -0.511. The van der Waals surface area contributed by atoms with Crippen molar-refractivity contribution in [2.45, 2.75) is 72.6 Å². The van der Waals surface area contributed by atoms with Gasteiger partial charge in [-0.25, -0.2) is 0 Å². The van der Waals surface area contributed by atoms with E-state index in [9.17, 15) is 4.79 Å². The molecule has 136 valence electrons. The van der Waals surface area contributed by atoms with Crippen molar-refractivity contribution in [3.63, 3.8) is 0 Å². The molecule has 24 heavy (non-hydrogen) atoms. The number of rotatable bonds is 11. The maximum absolute atomic E-state index is 12.4. The molecule has 2 nitrogen and oxygen atoms in total. The Bertz CT molecular complexity index is 477. The molecule has 0 bridgehead atoms. The molecule has 0 radical (unpaired) electrons. The van der Waals surface area contributed by atoms with E-state index in [4.69, 9.17) is 0 Å². The van der Waals surface area contributed by atoms with Gasteiger partial charge in [0.1, 0.15) is 0 Å². The number of hydrogen-bond acceptors (Lipinski definition) is 1. The summed E-state index contributed by atoms with van der Waals surface area (Å²) < 4.78 is 5.94. The van der Waals surface area contributed by atoms with Crippen LogP contribution in [0.15, 0.2) is 24.3 Å². The van der Waals surface area contributed by atoms with Crippen molar-refractivity contribution >= 4 is 27.9 Å². The molecule has 0 fully saturated rings. The van der Waals surface area contributed by atoms with E-state index in [-0.39, 0.29) is 5.91 Å². The predicted molar refractivity (Wildman–Crippen MR) is 109 cm³/mol. The number of benzene rings is 1. The quantitative estimate of drug-likeness (QED) is 0.421. The van der Waals surface area contributed by atoms with Crippen molar-refractivity contribution in [1.82, 2.24) is 4.90 Å². The molecular weight excluding hydrogens is 401 g/mol. The van der Waals surface area contributed by atoms with Crippen LogP contribution in [0.5, 0.6) is 0 Å². The third-order valence-corrected chi connectivity index (χ3v) is 20.8. The van der Waals surface area contributed by atoms with E-state index < -0.39 is 18.4 Å². The molecule has 0 aromatic heterocycles. The molecule has 0 aliphatic rings. The van der Waals surface area contributed by atoms with Crippen molar-refractivity contribution < 1.29 is 4.79 Å². The number of carbonyl (C=O) groups is 1. The van der Waals surface area contributed by atoms with Crippen LogP contribution >= 0.6 is 0 Å². The molecule has 1 amide bonds. The molecule has 0 spiro atoms. The average Bonchev–Trinajstić information content (AvgIpc) is 2.60. The number of unbranched alkanes of at least 4 members (excludes halogenated alkanes) is 3. The number of amides is 1. The fraction of sp³-hybridized carbons (Fsp3) is 0.667. The topological polar surface area (TPSA) is 20.3 Å². The van der Waals surface area contributed by atoms with Gasteiger partial charge >= 0.3 is 154 Å². The zero-order chi connectivity index (χ0) is 18.0. The maximum atomic E-state index is 12.4. The second-order valence-corrected chi connectivity index (χ2v) is 20.6. The second-order valence-electron chi connectivity index (χ2n) is 7.37. The Morgan fingerprint density at radius 3 is 1.83 bits per heavy atom. The summed E-state index contributed by atoms with van der Waals surface area (Å²) in [5, 5.41) is 0. The van der Waals surface area contributed by atoms with Crippen LogP contribution in [-0.2, 0) is 0 Å². The third-order valence-electron chi connectivity index (χ3n) is 5.15. The van der Waals surface area contributed by atoms with Crippen LogP contribution < -0.4 is 3.58 Å². The second kappa shape index (κ2) is 11.2. The molecule has 0 unspecified atom stereocenters. The predicted octanol–water partition coefficient (Wildman–Crippen LogP) is 5.44. The fourth-order valence-corrected chi connectivity index (χ4v) is 19.6. The van der Waals surface area contributed by atoms with Crippen molar-refractivity contribution in [3.8, 4) is 0 Å². The van der Waals surface area contributed by atoms with Crippen LogP contribution in [-0.4, -0.2) is 43.3 Å². The van der Waals surface area contributed by atoms with E-state index in [1.807, 2.05) is 20.2 Å². The Kier molecular flexibility index (Phi) is 10.0. The van der Waals surface area contributed by atoms with Crippen LogP contribution in [0, 0.1) is 0 Å². The van der Waals surface area contributed by atoms with Crippen LogP contribution in [0.2, 0.25) is 13.3 Å². The zero-order valence-electron chi connectivity index (χ0n) is 16.5. The fourth-order valence-electron chi connectivity index (χ4n) is 3.59. The van der Waals surface area contributed by atoms with Gasteiger partial charge in [0.05, 0.1) is 0 Å². The molecular formula is C21H37NOSn. The van der Waals surface area contributed by atoms with Gasteiger partial charge in [-0.05, 0) is 0 Å². The molecule has 0 saturated heterocycles. The van der Waals surface area contributed by atoms with Crippen LogP contribution in [0.3, 0.4) is 0 Å². The third kappa shape index (κ3) is 6.09. The Morgan fingerprint density at radius 1 is 0.917 bits per heavy atom. The first kappa shape index (κ1) is 21.5. The summed E-state index contributed by atoms with van der Waals surface area (Å²) in [6.45, 7) is 6.92. The van der Waals surface area contributed by atoms with Gasteiger partial charge in [0.25, 0.3) is 0 Å². The monoisotopic (exact) mass is 439 g/mol. The van der Waals surface area contributed by atoms with Crippen molar-refractivity contribution in [2.75, 3.05) is 14.1 Å². The molecule has 1 aromatic carbocycles. The molecule has 0 atom stereocenters. The molecule has 0 aliphatic heterocycles. The summed E-state index contributed by atoms with van der Waals surface area (Å²) in [5.41, 5.74) is 0.878. The van der Waals surface area contributed by atoms with Crippen LogP contribution in [0.25, 0.3) is 0 Å². The van der Waals surface area contributed by atoms with E-state index in [0.717, 1.165) is 5.56 Å². The minimum atomic E-state index is -2.42. The van der Waals surface area contributed by atoms with E-state index in [1.54, 1.807) is 8.48 Å². The van der Waals surface area contributed by atoms with E-state index in [2.05, 4.69) is 39.0 Å². The number of carbonyl (C=O) groups excluding carboxylic acids is 1. The molecule has 1 rings (SSSR count). The molecule has 3 heteroatoms. The summed E-state index contributed by atoms with van der Waals surface area (Å²) in [6, 6.07) is 8.73. The van der Waals surface area contributed by atoms with Gasteiger partial charge in [0, 0.05) is 0 Å². The summed E-state index contributed by atoms with van der Waals surface area (Å²) in [4.78, 5) is 14.1.